The minimum atomic E-state index is -0.475. The average molecular weight is 409 g/mol. The number of rotatable bonds is 6. The van der Waals surface area contributed by atoms with Gasteiger partial charge in [0.15, 0.2) is 18.1 Å². The van der Waals surface area contributed by atoms with Crippen LogP contribution in [0.1, 0.15) is 11.1 Å². The lowest BCUT2D eigenvalue weighted by Gasteiger charge is -2.10. The molecule has 1 amide bonds. The topological polar surface area (TPSA) is 100 Å². The monoisotopic (exact) mass is 408 g/mol. The van der Waals surface area contributed by atoms with Gasteiger partial charge in [0, 0.05) is 16.1 Å². The fourth-order valence-corrected chi connectivity index (χ4v) is 2.37. The second-order valence-electron chi connectivity index (χ2n) is 5.07. The summed E-state index contributed by atoms with van der Waals surface area (Å²) in [5, 5.41) is 22.9. The molecular formula is C17H17BrN2O5. The van der Waals surface area contributed by atoms with Gasteiger partial charge < -0.3 is 19.7 Å². The Morgan fingerprint density at radius 2 is 2.04 bits per heavy atom. The Morgan fingerprint density at radius 1 is 1.28 bits per heavy atom. The van der Waals surface area contributed by atoms with E-state index in [2.05, 4.69) is 26.5 Å². The van der Waals surface area contributed by atoms with Gasteiger partial charge in [-0.25, -0.2) is 5.43 Å². The Balaban J connectivity index is 1.93. The number of carbonyl (C=O) groups is 1. The summed E-state index contributed by atoms with van der Waals surface area (Å²) in [6.07, 6.45) is 1.29. The highest BCUT2D eigenvalue weighted by Gasteiger charge is 2.08. The van der Waals surface area contributed by atoms with E-state index < -0.39 is 5.91 Å². The third-order valence-electron chi connectivity index (χ3n) is 3.22. The lowest BCUT2D eigenvalue weighted by atomic mass is 10.1. The molecule has 0 aliphatic heterocycles. The molecule has 0 bridgehead atoms. The summed E-state index contributed by atoms with van der Waals surface area (Å²) in [4.78, 5) is 11.8. The van der Waals surface area contributed by atoms with E-state index in [0.717, 1.165) is 4.47 Å². The van der Waals surface area contributed by atoms with Crippen LogP contribution in [0.2, 0.25) is 0 Å². The summed E-state index contributed by atoms with van der Waals surface area (Å²) in [5.74, 6) is 0.267. The zero-order valence-corrected chi connectivity index (χ0v) is 15.2. The minimum absolute atomic E-state index is 0.0481. The Bertz CT molecular complexity index is 785. The van der Waals surface area contributed by atoms with Gasteiger partial charge in [0.1, 0.15) is 11.5 Å². The highest BCUT2D eigenvalue weighted by molar-refractivity contribution is 9.10. The number of carbonyl (C=O) groups excluding carboxylic acids is 1. The Kier molecular flexibility index (Phi) is 6.24. The van der Waals surface area contributed by atoms with Crippen molar-refractivity contribution in [2.24, 2.45) is 5.10 Å². The van der Waals surface area contributed by atoms with Crippen LogP contribution in [0.15, 0.2) is 39.9 Å². The number of aromatic hydroxyl groups is 2. The van der Waals surface area contributed by atoms with Crippen molar-refractivity contribution in [2.75, 3.05) is 13.7 Å². The Morgan fingerprint density at radius 3 is 2.72 bits per heavy atom. The van der Waals surface area contributed by atoms with E-state index in [1.54, 1.807) is 25.1 Å². The molecule has 7 nitrogen and oxygen atoms in total. The third-order valence-corrected chi connectivity index (χ3v) is 3.71. The number of hydrazone groups is 1. The summed E-state index contributed by atoms with van der Waals surface area (Å²) >= 11 is 3.32. The number of amides is 1. The standard InChI is InChI=1S/C17H17BrN2O5/c1-10-5-12(21)7-14(22)13(10)8-19-20-17(23)9-25-15-4-3-11(18)6-16(15)24-2/h3-8,21-22H,9H2,1-2H3,(H,20,23)/b19-8+. The number of hydrogen-bond acceptors (Lipinski definition) is 6. The molecule has 2 rings (SSSR count). The molecule has 0 fully saturated rings. The number of methoxy groups -OCH3 is 1. The summed E-state index contributed by atoms with van der Waals surface area (Å²) < 4.78 is 11.4. The summed E-state index contributed by atoms with van der Waals surface area (Å²) in [6.45, 7) is 1.45. The van der Waals surface area contributed by atoms with E-state index in [4.69, 9.17) is 9.47 Å². The van der Waals surface area contributed by atoms with Crippen LogP contribution >= 0.6 is 15.9 Å². The van der Waals surface area contributed by atoms with E-state index in [-0.39, 0.29) is 18.1 Å². The average Bonchev–Trinajstić information content (AvgIpc) is 2.55. The van der Waals surface area contributed by atoms with Gasteiger partial charge in [-0.1, -0.05) is 15.9 Å². The first-order valence-electron chi connectivity index (χ1n) is 7.21. The molecule has 0 saturated carbocycles. The number of benzene rings is 2. The van der Waals surface area contributed by atoms with Crippen LogP contribution in [0.3, 0.4) is 0 Å². The second kappa shape index (κ2) is 8.39. The largest absolute Gasteiger partial charge is 0.508 e. The first kappa shape index (κ1) is 18.6. The molecular weight excluding hydrogens is 392 g/mol. The van der Waals surface area contributed by atoms with Crippen molar-refractivity contribution in [3.8, 4) is 23.0 Å². The lowest BCUT2D eigenvalue weighted by Crippen LogP contribution is -2.24. The predicted molar refractivity (Wildman–Crippen MR) is 96.4 cm³/mol. The molecule has 0 radical (unpaired) electrons. The summed E-state index contributed by atoms with van der Waals surface area (Å²) in [6, 6.07) is 7.84. The van der Waals surface area contributed by atoms with Crippen molar-refractivity contribution >= 4 is 28.1 Å². The third kappa shape index (κ3) is 5.12. The zero-order chi connectivity index (χ0) is 18.4. The van der Waals surface area contributed by atoms with Crippen molar-refractivity contribution in [3.63, 3.8) is 0 Å². The van der Waals surface area contributed by atoms with Gasteiger partial charge in [0.05, 0.1) is 13.3 Å². The number of aryl methyl sites for hydroxylation is 1. The van der Waals surface area contributed by atoms with Crippen LogP contribution in [0, 0.1) is 6.92 Å². The molecule has 0 atom stereocenters. The van der Waals surface area contributed by atoms with Gasteiger partial charge in [0.2, 0.25) is 0 Å². The predicted octanol–water partition coefficient (Wildman–Crippen LogP) is 2.71. The number of hydrogen-bond donors (Lipinski definition) is 3. The van der Waals surface area contributed by atoms with Crippen molar-refractivity contribution in [1.29, 1.82) is 0 Å². The molecule has 0 unspecified atom stereocenters. The van der Waals surface area contributed by atoms with Crippen LogP contribution in [-0.4, -0.2) is 36.1 Å². The fourth-order valence-electron chi connectivity index (χ4n) is 2.03. The lowest BCUT2D eigenvalue weighted by molar-refractivity contribution is -0.123. The highest BCUT2D eigenvalue weighted by atomic mass is 79.9. The first-order chi connectivity index (χ1) is 11.9. The number of halogens is 1. The van der Waals surface area contributed by atoms with Crippen LogP contribution in [0.25, 0.3) is 0 Å². The van der Waals surface area contributed by atoms with Crippen molar-refractivity contribution < 1.29 is 24.5 Å². The zero-order valence-electron chi connectivity index (χ0n) is 13.6. The maximum absolute atomic E-state index is 11.8. The Hall–Kier alpha value is -2.74. The minimum Gasteiger partial charge on any atom is -0.508 e. The van der Waals surface area contributed by atoms with E-state index in [0.29, 0.717) is 22.6 Å². The molecule has 0 heterocycles. The van der Waals surface area contributed by atoms with Crippen LogP contribution in [-0.2, 0) is 4.79 Å². The van der Waals surface area contributed by atoms with Gasteiger partial charge in [-0.15, -0.1) is 0 Å². The van der Waals surface area contributed by atoms with Gasteiger partial charge >= 0.3 is 0 Å². The maximum atomic E-state index is 11.8. The number of nitrogens with one attached hydrogen (secondary N) is 1. The summed E-state index contributed by atoms with van der Waals surface area (Å²) in [7, 11) is 1.51. The first-order valence-corrected chi connectivity index (χ1v) is 8.01. The molecule has 8 heteroatoms. The number of ether oxygens (including phenoxy) is 2. The van der Waals surface area contributed by atoms with E-state index in [1.807, 2.05) is 0 Å². The molecule has 0 spiro atoms. The molecule has 0 aliphatic carbocycles. The molecule has 3 N–H and O–H groups in total. The molecule has 0 saturated heterocycles. The van der Waals surface area contributed by atoms with Crippen molar-refractivity contribution in [3.05, 3.63) is 45.9 Å². The number of nitrogens with zero attached hydrogens (tertiary/aromatic N) is 1. The van der Waals surface area contributed by atoms with Crippen molar-refractivity contribution in [2.45, 2.75) is 6.92 Å². The molecule has 2 aromatic carbocycles. The van der Waals surface area contributed by atoms with E-state index in [9.17, 15) is 15.0 Å². The SMILES string of the molecule is COc1cc(Br)ccc1OCC(=O)N/N=C/c1c(C)cc(O)cc1O. The number of phenols is 2. The van der Waals surface area contributed by atoms with Gasteiger partial charge in [-0.05, 0) is 36.8 Å². The van der Waals surface area contributed by atoms with Crippen LogP contribution in [0.4, 0.5) is 0 Å². The molecule has 0 aliphatic rings. The van der Waals surface area contributed by atoms with Crippen LogP contribution < -0.4 is 14.9 Å². The van der Waals surface area contributed by atoms with Gasteiger partial charge in [-0.3, -0.25) is 4.79 Å². The Labute approximate surface area is 153 Å². The molecule has 132 valence electrons. The van der Waals surface area contributed by atoms with Crippen molar-refractivity contribution in [1.82, 2.24) is 5.43 Å². The van der Waals surface area contributed by atoms with E-state index >= 15 is 0 Å². The second-order valence-corrected chi connectivity index (χ2v) is 5.99. The molecule has 0 aromatic heterocycles. The highest BCUT2D eigenvalue weighted by Crippen LogP contribution is 2.30. The smallest absolute Gasteiger partial charge is 0.277 e. The van der Waals surface area contributed by atoms with Gasteiger partial charge in [-0.2, -0.15) is 5.10 Å². The molecule has 25 heavy (non-hydrogen) atoms. The normalized spacial score (nSPS) is 10.7. The molecule has 2 aromatic rings. The maximum Gasteiger partial charge on any atom is 0.277 e. The fraction of sp³-hybridized carbons (Fsp3) is 0.176. The quantitative estimate of drug-likeness (QED) is 0.503. The van der Waals surface area contributed by atoms with E-state index in [1.165, 1.54) is 25.5 Å². The van der Waals surface area contributed by atoms with Crippen LogP contribution in [0.5, 0.6) is 23.0 Å². The van der Waals surface area contributed by atoms with Gasteiger partial charge in [0.25, 0.3) is 5.91 Å². The number of phenolic OH excluding ortho intramolecular Hbond substituents is 2. The summed E-state index contributed by atoms with van der Waals surface area (Å²) in [5.41, 5.74) is 3.31.